The zero-order chi connectivity index (χ0) is 11.4. The summed E-state index contributed by atoms with van der Waals surface area (Å²) in [7, 11) is 0. The molecular weight excluding hydrogens is 216 g/mol. The predicted octanol–water partition coefficient (Wildman–Crippen LogP) is 4.35. The Kier molecular flexibility index (Phi) is 1.65. The number of hydrogen-bond donors (Lipinski definition) is 0. The average molecular weight is 242 g/mol. The van der Waals surface area contributed by atoms with Crippen LogP contribution >= 0.6 is 0 Å². The molecule has 0 aliphatic heterocycles. The lowest BCUT2D eigenvalue weighted by atomic mass is 9.47. The minimum Gasteiger partial charge on any atom is -0.0499 e. The van der Waals surface area contributed by atoms with Crippen LogP contribution in [0.25, 0.3) is 0 Å². The normalized spacial score (nSPS) is 70.7. The van der Waals surface area contributed by atoms with Crippen molar-refractivity contribution >= 4 is 0 Å². The first-order chi connectivity index (χ1) is 8.88. The summed E-state index contributed by atoms with van der Waals surface area (Å²) < 4.78 is 0. The van der Waals surface area contributed by atoms with Crippen molar-refractivity contribution in [3.05, 3.63) is 0 Å². The van der Waals surface area contributed by atoms with Crippen LogP contribution in [0.3, 0.4) is 0 Å². The van der Waals surface area contributed by atoms with Crippen LogP contribution in [0.2, 0.25) is 0 Å². The molecule has 6 atom stereocenters. The molecule has 7 saturated carbocycles. The van der Waals surface area contributed by atoms with E-state index in [2.05, 4.69) is 0 Å². The summed E-state index contributed by atoms with van der Waals surface area (Å²) in [6.07, 6.45) is 13.2. The van der Waals surface area contributed by atoms with Crippen molar-refractivity contribution in [3.63, 3.8) is 0 Å². The van der Waals surface area contributed by atoms with E-state index in [4.69, 9.17) is 0 Å². The van der Waals surface area contributed by atoms with Gasteiger partial charge in [-0.15, -0.1) is 0 Å². The van der Waals surface area contributed by atoms with Gasteiger partial charge in [0.15, 0.2) is 0 Å². The van der Waals surface area contributed by atoms with Crippen molar-refractivity contribution in [3.8, 4) is 0 Å². The monoisotopic (exact) mass is 242 g/mol. The lowest BCUT2D eigenvalue weighted by Gasteiger charge is -2.58. The Bertz CT molecular complexity index is 351. The molecule has 0 aromatic heterocycles. The van der Waals surface area contributed by atoms with Gasteiger partial charge in [0, 0.05) is 0 Å². The summed E-state index contributed by atoms with van der Waals surface area (Å²) >= 11 is 0. The van der Waals surface area contributed by atoms with E-state index in [9.17, 15) is 0 Å². The van der Waals surface area contributed by atoms with Crippen LogP contribution in [-0.2, 0) is 0 Å². The molecule has 0 radical (unpaired) electrons. The van der Waals surface area contributed by atoms with E-state index >= 15 is 0 Å². The maximum atomic E-state index is 1.66. The van der Waals surface area contributed by atoms with E-state index < -0.39 is 0 Å². The van der Waals surface area contributed by atoms with E-state index in [0.717, 1.165) is 0 Å². The third kappa shape index (κ3) is 0.967. The average Bonchev–Trinajstić information content (AvgIpc) is 2.81. The predicted molar refractivity (Wildman–Crippen MR) is 71.8 cm³/mol. The van der Waals surface area contributed by atoms with Gasteiger partial charge in [-0.2, -0.15) is 0 Å². The molecule has 0 aromatic carbocycles. The summed E-state index contributed by atoms with van der Waals surface area (Å²) in [5.41, 5.74) is 0. The van der Waals surface area contributed by atoms with Gasteiger partial charge in [0.1, 0.15) is 0 Å². The van der Waals surface area contributed by atoms with Gasteiger partial charge in [0.25, 0.3) is 0 Å². The van der Waals surface area contributed by atoms with Gasteiger partial charge in [-0.3, -0.25) is 0 Å². The Morgan fingerprint density at radius 1 is 0.389 bits per heavy atom. The van der Waals surface area contributed by atoms with Crippen molar-refractivity contribution in [1.82, 2.24) is 0 Å². The standard InChI is InChI=1S/C18H26/c1-2-12-8-11(1)15-16(12)18-14-6-9-3-10(7-14)5-13(4-9)17(15)18/h9-18H,1-8H2. The van der Waals surface area contributed by atoms with Crippen LogP contribution in [0.5, 0.6) is 0 Å². The molecule has 18 heavy (non-hydrogen) atoms. The first-order valence-electron chi connectivity index (χ1n) is 8.88. The second kappa shape index (κ2) is 3.01. The maximum Gasteiger partial charge on any atom is -0.0318 e. The number of rotatable bonds is 0. The van der Waals surface area contributed by atoms with Crippen LogP contribution in [-0.4, -0.2) is 0 Å². The molecule has 6 unspecified atom stereocenters. The third-order valence-electron chi connectivity index (χ3n) is 8.68. The lowest BCUT2D eigenvalue weighted by molar-refractivity contribution is -0.107. The summed E-state index contributed by atoms with van der Waals surface area (Å²) in [5, 5.41) is 0. The van der Waals surface area contributed by atoms with Gasteiger partial charge in [0.05, 0.1) is 0 Å². The Labute approximate surface area is 111 Å². The van der Waals surface area contributed by atoms with E-state index in [1.165, 1.54) is 59.2 Å². The fourth-order valence-electron chi connectivity index (χ4n) is 8.73. The SMILES string of the molecule is C1C2CC3CC1CC(C2)C1C3C2C3CCC(C3)C12. The Morgan fingerprint density at radius 2 is 0.833 bits per heavy atom. The lowest BCUT2D eigenvalue weighted by Crippen LogP contribution is -2.54. The molecule has 0 nitrogen and oxygen atoms in total. The van der Waals surface area contributed by atoms with Crippen molar-refractivity contribution in [1.29, 1.82) is 0 Å². The zero-order valence-corrected chi connectivity index (χ0v) is 11.4. The van der Waals surface area contributed by atoms with E-state index in [1.54, 1.807) is 51.4 Å². The van der Waals surface area contributed by atoms with Crippen molar-refractivity contribution in [2.45, 2.75) is 51.4 Å². The van der Waals surface area contributed by atoms with Gasteiger partial charge in [-0.25, -0.2) is 0 Å². The van der Waals surface area contributed by atoms with Crippen LogP contribution in [0.15, 0.2) is 0 Å². The first-order valence-corrected chi connectivity index (χ1v) is 8.88. The highest BCUT2D eigenvalue weighted by atomic mass is 14.7. The van der Waals surface area contributed by atoms with Gasteiger partial charge in [-0.05, 0) is 111 Å². The molecule has 7 rings (SSSR count). The third-order valence-corrected chi connectivity index (χ3v) is 8.68. The molecule has 0 amide bonds. The second-order valence-corrected chi connectivity index (χ2v) is 9.07. The first kappa shape index (κ1) is 9.83. The highest BCUT2D eigenvalue weighted by molar-refractivity contribution is 5.16. The van der Waals surface area contributed by atoms with Gasteiger partial charge in [0.2, 0.25) is 0 Å². The smallest absolute Gasteiger partial charge is 0.0318 e. The molecule has 0 aromatic rings. The number of fused-ring (bicyclic) bond motifs is 5. The second-order valence-electron chi connectivity index (χ2n) is 9.07. The fourth-order valence-corrected chi connectivity index (χ4v) is 8.73. The molecular formula is C18H26. The van der Waals surface area contributed by atoms with E-state index in [1.807, 2.05) is 0 Å². The summed E-state index contributed by atoms with van der Waals surface area (Å²) in [4.78, 5) is 0. The highest BCUT2D eigenvalue weighted by Gasteiger charge is 2.67. The minimum absolute atomic E-state index is 1.18. The van der Waals surface area contributed by atoms with Gasteiger partial charge >= 0.3 is 0 Å². The quantitative estimate of drug-likeness (QED) is 0.592. The molecule has 0 heterocycles. The molecule has 0 saturated heterocycles. The zero-order valence-electron chi connectivity index (χ0n) is 11.4. The Balaban J connectivity index is 1.45. The van der Waals surface area contributed by atoms with Crippen molar-refractivity contribution in [2.24, 2.45) is 59.2 Å². The fraction of sp³-hybridized carbons (Fsp3) is 1.00. The van der Waals surface area contributed by atoms with Crippen LogP contribution in [0.1, 0.15) is 51.4 Å². The number of hydrogen-bond acceptors (Lipinski definition) is 0. The molecule has 7 aliphatic carbocycles. The van der Waals surface area contributed by atoms with Gasteiger partial charge in [-0.1, -0.05) is 0 Å². The van der Waals surface area contributed by atoms with Crippen molar-refractivity contribution < 1.29 is 0 Å². The molecule has 7 fully saturated rings. The molecule has 0 N–H and O–H groups in total. The largest absolute Gasteiger partial charge is 0.0499 e. The van der Waals surface area contributed by atoms with Crippen molar-refractivity contribution in [2.75, 3.05) is 0 Å². The molecule has 0 heteroatoms. The van der Waals surface area contributed by atoms with E-state index in [-0.39, 0.29) is 0 Å². The molecule has 98 valence electrons. The maximum absolute atomic E-state index is 1.66. The highest BCUT2D eigenvalue weighted by Crippen LogP contribution is 2.74. The van der Waals surface area contributed by atoms with E-state index in [0.29, 0.717) is 0 Å². The summed E-state index contributed by atoms with van der Waals surface area (Å²) in [5.74, 6) is 12.1. The van der Waals surface area contributed by atoms with Gasteiger partial charge < -0.3 is 0 Å². The Hall–Kier alpha value is 0. The molecule has 6 bridgehead atoms. The van der Waals surface area contributed by atoms with Crippen LogP contribution in [0, 0.1) is 59.2 Å². The topological polar surface area (TPSA) is 0 Å². The minimum atomic E-state index is 1.18. The molecule has 7 aliphatic rings. The molecule has 0 spiro atoms. The van der Waals surface area contributed by atoms with Crippen LogP contribution < -0.4 is 0 Å². The summed E-state index contributed by atoms with van der Waals surface area (Å²) in [6.45, 7) is 0. The summed E-state index contributed by atoms with van der Waals surface area (Å²) in [6, 6.07) is 0. The Morgan fingerprint density at radius 3 is 1.33 bits per heavy atom. The van der Waals surface area contributed by atoms with Crippen LogP contribution in [0.4, 0.5) is 0 Å².